The van der Waals surface area contributed by atoms with Crippen LogP contribution >= 0.6 is 0 Å². The quantitative estimate of drug-likeness (QED) is 0.568. The van der Waals surface area contributed by atoms with Crippen molar-refractivity contribution in [2.45, 2.75) is 44.3 Å². The lowest BCUT2D eigenvalue weighted by Crippen LogP contribution is -2.37. The average molecular weight is 219 g/mol. The summed E-state index contributed by atoms with van der Waals surface area (Å²) in [5.41, 5.74) is 0. The fraction of sp³-hybridized carbons (Fsp3) is 0.818. The first kappa shape index (κ1) is 12.4. The van der Waals surface area contributed by atoms with Crippen molar-refractivity contribution >= 4 is 0 Å². The van der Waals surface area contributed by atoms with Gasteiger partial charge in [0.1, 0.15) is 0 Å². The van der Waals surface area contributed by atoms with Crippen LogP contribution in [-0.4, -0.2) is 18.8 Å². The topological polar surface area (TPSA) is 12.0 Å². The lowest BCUT2D eigenvalue weighted by Gasteiger charge is -2.30. The second-order valence-corrected chi connectivity index (χ2v) is 4.00. The van der Waals surface area contributed by atoms with Crippen molar-refractivity contribution in [2.24, 2.45) is 5.92 Å². The van der Waals surface area contributed by atoms with Crippen LogP contribution in [0.2, 0.25) is 0 Å². The smallest absolute Gasteiger partial charge is 0.313 e. The van der Waals surface area contributed by atoms with E-state index in [0.29, 0.717) is 25.8 Å². The molecule has 0 amide bonds. The summed E-state index contributed by atoms with van der Waals surface area (Å²) in [7, 11) is 0. The molecule has 0 unspecified atom stereocenters. The maximum atomic E-state index is 12.3. The maximum absolute atomic E-state index is 12.3. The Bertz CT molecular complexity index is 221. The van der Waals surface area contributed by atoms with Crippen LogP contribution < -0.4 is 5.32 Å². The van der Waals surface area contributed by atoms with Gasteiger partial charge >= 0.3 is 6.18 Å². The second kappa shape index (κ2) is 5.41. The average Bonchev–Trinajstić information content (AvgIpc) is 2.18. The summed E-state index contributed by atoms with van der Waals surface area (Å²) >= 11 is 0. The van der Waals surface area contributed by atoms with Gasteiger partial charge in [0, 0.05) is 19.0 Å². The number of terminal acetylenes is 1. The van der Waals surface area contributed by atoms with E-state index in [2.05, 4.69) is 11.2 Å². The SMILES string of the molecule is C#CCCNC1CCC(C(F)(F)F)CC1. The highest BCUT2D eigenvalue weighted by molar-refractivity contribution is 4.86. The van der Waals surface area contributed by atoms with Crippen molar-refractivity contribution in [1.82, 2.24) is 5.32 Å². The molecule has 0 bridgehead atoms. The molecule has 0 spiro atoms. The molecule has 0 aromatic carbocycles. The van der Waals surface area contributed by atoms with Gasteiger partial charge in [0.2, 0.25) is 0 Å². The Kier molecular flexibility index (Phi) is 4.46. The first-order chi connectivity index (χ1) is 7.04. The normalized spacial score (nSPS) is 27.3. The molecule has 0 aromatic rings. The summed E-state index contributed by atoms with van der Waals surface area (Å²) in [5, 5.41) is 3.18. The number of nitrogens with one attached hydrogen (secondary N) is 1. The second-order valence-electron chi connectivity index (χ2n) is 4.00. The molecule has 1 saturated carbocycles. The van der Waals surface area contributed by atoms with E-state index in [4.69, 9.17) is 6.42 Å². The first-order valence-electron chi connectivity index (χ1n) is 5.27. The van der Waals surface area contributed by atoms with Gasteiger partial charge in [0.05, 0.1) is 5.92 Å². The van der Waals surface area contributed by atoms with Crippen LogP contribution in [-0.2, 0) is 0 Å². The predicted molar refractivity (Wildman–Crippen MR) is 53.3 cm³/mol. The largest absolute Gasteiger partial charge is 0.391 e. The molecule has 86 valence electrons. The van der Waals surface area contributed by atoms with Crippen molar-refractivity contribution in [3.05, 3.63) is 0 Å². The standard InChI is InChI=1S/C11H16F3N/c1-2-3-8-15-10-6-4-9(5-7-10)11(12,13)14/h1,9-10,15H,3-8H2. The Labute approximate surface area is 88.4 Å². The van der Waals surface area contributed by atoms with E-state index in [-0.39, 0.29) is 18.9 Å². The first-order valence-corrected chi connectivity index (χ1v) is 5.27. The molecule has 15 heavy (non-hydrogen) atoms. The molecule has 1 rings (SSSR count). The van der Waals surface area contributed by atoms with Crippen LogP contribution in [0.25, 0.3) is 0 Å². The van der Waals surface area contributed by atoms with E-state index in [9.17, 15) is 13.2 Å². The highest BCUT2D eigenvalue weighted by atomic mass is 19.4. The third kappa shape index (κ3) is 4.13. The van der Waals surface area contributed by atoms with Crippen molar-refractivity contribution in [3.63, 3.8) is 0 Å². The van der Waals surface area contributed by atoms with E-state index in [1.165, 1.54) is 0 Å². The zero-order chi connectivity index (χ0) is 11.3. The number of rotatable bonds is 3. The molecule has 0 atom stereocenters. The Morgan fingerprint density at radius 1 is 1.20 bits per heavy atom. The van der Waals surface area contributed by atoms with Gasteiger partial charge in [-0.2, -0.15) is 13.2 Å². The van der Waals surface area contributed by atoms with Gasteiger partial charge in [-0.3, -0.25) is 0 Å². The van der Waals surface area contributed by atoms with Gasteiger partial charge in [0.25, 0.3) is 0 Å². The number of alkyl halides is 3. The predicted octanol–water partition coefficient (Wildman–Crippen LogP) is 2.72. The van der Waals surface area contributed by atoms with Crippen LogP contribution in [0.5, 0.6) is 0 Å². The van der Waals surface area contributed by atoms with E-state index in [0.717, 1.165) is 0 Å². The Morgan fingerprint density at radius 3 is 2.27 bits per heavy atom. The Hall–Kier alpha value is -0.690. The minimum atomic E-state index is -4.01. The fourth-order valence-electron chi connectivity index (χ4n) is 1.97. The molecule has 1 nitrogen and oxygen atoms in total. The summed E-state index contributed by atoms with van der Waals surface area (Å²) in [4.78, 5) is 0. The van der Waals surface area contributed by atoms with E-state index < -0.39 is 12.1 Å². The third-order valence-corrected chi connectivity index (χ3v) is 2.89. The van der Waals surface area contributed by atoms with Gasteiger partial charge < -0.3 is 5.32 Å². The molecular weight excluding hydrogens is 203 g/mol. The van der Waals surface area contributed by atoms with Crippen molar-refractivity contribution in [3.8, 4) is 12.3 Å². The Morgan fingerprint density at radius 2 is 1.80 bits per heavy atom. The maximum Gasteiger partial charge on any atom is 0.391 e. The van der Waals surface area contributed by atoms with Gasteiger partial charge in [-0.1, -0.05) is 0 Å². The molecular formula is C11H16F3N. The number of halogens is 3. The van der Waals surface area contributed by atoms with Crippen LogP contribution in [0, 0.1) is 18.3 Å². The van der Waals surface area contributed by atoms with Gasteiger partial charge in [-0.25, -0.2) is 0 Å². The van der Waals surface area contributed by atoms with Crippen molar-refractivity contribution in [2.75, 3.05) is 6.54 Å². The van der Waals surface area contributed by atoms with Gasteiger partial charge in [0.15, 0.2) is 0 Å². The highest BCUT2D eigenvalue weighted by Gasteiger charge is 2.41. The molecule has 4 heteroatoms. The molecule has 0 saturated heterocycles. The van der Waals surface area contributed by atoms with Gasteiger partial charge in [-0.15, -0.1) is 12.3 Å². The fourth-order valence-corrected chi connectivity index (χ4v) is 1.97. The zero-order valence-corrected chi connectivity index (χ0v) is 8.61. The zero-order valence-electron chi connectivity index (χ0n) is 8.61. The van der Waals surface area contributed by atoms with Crippen LogP contribution in [0.1, 0.15) is 32.1 Å². The summed E-state index contributed by atoms with van der Waals surface area (Å²) < 4.78 is 37.0. The van der Waals surface area contributed by atoms with E-state index in [1.807, 2.05) is 0 Å². The Balaban J connectivity index is 2.22. The minimum absolute atomic E-state index is 0.219. The van der Waals surface area contributed by atoms with Crippen LogP contribution in [0.4, 0.5) is 13.2 Å². The van der Waals surface area contributed by atoms with E-state index >= 15 is 0 Å². The lowest BCUT2D eigenvalue weighted by molar-refractivity contribution is -0.182. The summed E-state index contributed by atoms with van der Waals surface area (Å²) in [6.07, 6.45) is 3.42. The van der Waals surface area contributed by atoms with Crippen molar-refractivity contribution in [1.29, 1.82) is 0 Å². The minimum Gasteiger partial charge on any atom is -0.313 e. The molecule has 1 fully saturated rings. The van der Waals surface area contributed by atoms with Crippen LogP contribution in [0.15, 0.2) is 0 Å². The monoisotopic (exact) mass is 219 g/mol. The molecule has 0 heterocycles. The van der Waals surface area contributed by atoms with E-state index in [1.54, 1.807) is 0 Å². The lowest BCUT2D eigenvalue weighted by atomic mass is 9.85. The van der Waals surface area contributed by atoms with Crippen molar-refractivity contribution < 1.29 is 13.2 Å². The molecule has 1 aliphatic carbocycles. The number of hydrogen-bond donors (Lipinski definition) is 1. The van der Waals surface area contributed by atoms with Gasteiger partial charge in [-0.05, 0) is 25.7 Å². The summed E-state index contributed by atoms with van der Waals surface area (Å²) in [6, 6.07) is 0.219. The molecule has 1 aliphatic rings. The molecule has 1 N–H and O–H groups in total. The highest BCUT2D eigenvalue weighted by Crippen LogP contribution is 2.37. The summed E-state index contributed by atoms with van der Waals surface area (Å²) in [5.74, 6) is 1.40. The summed E-state index contributed by atoms with van der Waals surface area (Å²) in [6.45, 7) is 0.706. The van der Waals surface area contributed by atoms with Crippen LogP contribution in [0.3, 0.4) is 0 Å². The molecule has 0 aliphatic heterocycles. The molecule has 0 radical (unpaired) electrons. The molecule has 0 aromatic heterocycles. The third-order valence-electron chi connectivity index (χ3n) is 2.89. The number of hydrogen-bond acceptors (Lipinski definition) is 1.